The van der Waals surface area contributed by atoms with E-state index in [1.54, 1.807) is 12.5 Å². The molecule has 1 aliphatic heterocycles. The Kier molecular flexibility index (Phi) is 6.72. The summed E-state index contributed by atoms with van der Waals surface area (Å²) in [5, 5.41) is 5.95. The van der Waals surface area contributed by atoms with Crippen molar-refractivity contribution in [2.45, 2.75) is 38.8 Å². The number of aromatic nitrogens is 1. The van der Waals surface area contributed by atoms with Gasteiger partial charge in [0.25, 0.3) is 0 Å². The Morgan fingerprint density at radius 3 is 2.59 bits per heavy atom. The van der Waals surface area contributed by atoms with Crippen LogP contribution in [0.4, 0.5) is 27.7 Å². The summed E-state index contributed by atoms with van der Waals surface area (Å²) < 4.78 is 5.47. The van der Waals surface area contributed by atoms with Gasteiger partial charge < -0.3 is 20.0 Å². The molecular weight excluding hydrogens is 462 g/mol. The second-order valence-electron chi connectivity index (χ2n) is 10.2. The molecule has 2 amide bonds. The molecule has 2 aromatic heterocycles. The number of pyridine rings is 1. The molecule has 1 unspecified atom stereocenters. The lowest BCUT2D eigenvalue weighted by Crippen LogP contribution is -2.27. The number of nitrogens with one attached hydrogen (secondary N) is 2. The van der Waals surface area contributed by atoms with Crippen molar-refractivity contribution in [1.82, 2.24) is 9.88 Å². The number of nitrogens with zero attached hydrogens (tertiary/aromatic N) is 3. The summed E-state index contributed by atoms with van der Waals surface area (Å²) in [4.78, 5) is 22.0. The predicted octanol–water partition coefficient (Wildman–Crippen LogP) is 6.94. The fourth-order valence-corrected chi connectivity index (χ4v) is 4.91. The first-order chi connectivity index (χ1) is 17.8. The first-order valence-corrected chi connectivity index (χ1v) is 12.5. The van der Waals surface area contributed by atoms with Crippen LogP contribution in [0.1, 0.15) is 43.7 Å². The Morgan fingerprint density at radius 2 is 1.84 bits per heavy atom. The lowest BCUT2D eigenvalue weighted by Gasteiger charge is -2.24. The molecule has 0 fully saturated rings. The Hall–Kier alpha value is -4.10. The highest BCUT2D eigenvalue weighted by atomic mass is 16.3. The van der Waals surface area contributed by atoms with Crippen molar-refractivity contribution in [3.05, 3.63) is 102 Å². The van der Waals surface area contributed by atoms with Gasteiger partial charge in [-0.2, -0.15) is 0 Å². The van der Waals surface area contributed by atoms with Crippen LogP contribution in [0.15, 0.2) is 89.7 Å². The van der Waals surface area contributed by atoms with E-state index in [9.17, 15) is 4.79 Å². The fraction of sp³-hybridized carbons (Fsp3) is 0.267. The van der Waals surface area contributed by atoms with Crippen LogP contribution in [-0.4, -0.2) is 29.5 Å². The number of rotatable bonds is 7. The molecule has 5 rings (SSSR count). The summed E-state index contributed by atoms with van der Waals surface area (Å²) in [5.74, 6) is 1.67. The van der Waals surface area contributed by atoms with Gasteiger partial charge in [0.2, 0.25) is 0 Å². The number of fused-ring (bicyclic) bond motifs is 1. The maximum atomic E-state index is 12.9. The second-order valence-corrected chi connectivity index (χ2v) is 10.2. The van der Waals surface area contributed by atoms with Crippen LogP contribution >= 0.6 is 0 Å². The minimum Gasteiger partial charge on any atom is -0.468 e. The first kappa shape index (κ1) is 24.6. The van der Waals surface area contributed by atoms with E-state index in [-0.39, 0.29) is 17.5 Å². The van der Waals surface area contributed by atoms with E-state index in [1.807, 2.05) is 54.6 Å². The van der Waals surface area contributed by atoms with E-state index < -0.39 is 0 Å². The molecule has 7 nitrogen and oxygen atoms in total. The minimum absolute atomic E-state index is 0.0153. The molecule has 2 aromatic carbocycles. The van der Waals surface area contributed by atoms with Crippen LogP contribution in [0.25, 0.3) is 0 Å². The molecule has 0 radical (unpaired) electrons. The molecular formula is C30H33N5O2. The zero-order chi connectivity index (χ0) is 26.0. The Bertz CT molecular complexity index is 1370. The fourth-order valence-electron chi connectivity index (χ4n) is 4.91. The molecule has 1 aliphatic rings. The summed E-state index contributed by atoms with van der Waals surface area (Å²) in [6, 6.07) is 23.8. The Labute approximate surface area is 218 Å². The van der Waals surface area contributed by atoms with Gasteiger partial charge in [0, 0.05) is 35.6 Å². The van der Waals surface area contributed by atoms with E-state index in [0.29, 0.717) is 5.69 Å². The van der Waals surface area contributed by atoms with Crippen LogP contribution in [-0.2, 0) is 12.0 Å². The number of anilines is 4. The zero-order valence-electron chi connectivity index (χ0n) is 21.7. The Morgan fingerprint density at radius 1 is 1.05 bits per heavy atom. The van der Waals surface area contributed by atoms with Crippen molar-refractivity contribution in [2.75, 3.05) is 29.1 Å². The largest absolute Gasteiger partial charge is 0.468 e. The van der Waals surface area contributed by atoms with Crippen molar-refractivity contribution in [2.24, 2.45) is 0 Å². The van der Waals surface area contributed by atoms with E-state index in [2.05, 4.69) is 71.4 Å². The van der Waals surface area contributed by atoms with Gasteiger partial charge in [-0.05, 0) is 67.6 Å². The molecule has 37 heavy (non-hydrogen) atoms. The molecule has 0 bridgehead atoms. The Balaban J connectivity index is 1.26. The van der Waals surface area contributed by atoms with Gasteiger partial charge in [-0.15, -0.1) is 0 Å². The maximum absolute atomic E-state index is 12.9. The van der Waals surface area contributed by atoms with Crippen molar-refractivity contribution < 1.29 is 9.21 Å². The van der Waals surface area contributed by atoms with Crippen molar-refractivity contribution in [1.29, 1.82) is 0 Å². The van der Waals surface area contributed by atoms with E-state index >= 15 is 0 Å². The smallest absolute Gasteiger partial charge is 0.323 e. The van der Waals surface area contributed by atoms with Crippen molar-refractivity contribution in [3.8, 4) is 0 Å². The summed E-state index contributed by atoms with van der Waals surface area (Å²) in [6.45, 7) is 8.12. The average molecular weight is 496 g/mol. The third-order valence-electron chi connectivity index (χ3n) is 7.07. The molecule has 0 aliphatic carbocycles. The molecule has 0 saturated carbocycles. The van der Waals surface area contributed by atoms with Gasteiger partial charge in [0.1, 0.15) is 5.76 Å². The highest BCUT2D eigenvalue weighted by Gasteiger charge is 2.36. The number of benzene rings is 2. The standard InChI is InChI=1S/C30H33N5O2/c1-21(34(4)19-24-9-8-18-37-24)22-13-15-23(16-14-22)32-29(36)33-26-11-7-17-31-28(26)35-20-30(2,3)25-10-5-6-12-27(25)35/h5-18,21H,19-20H2,1-4H3,(H2,32,33,36). The number of urea groups is 1. The highest BCUT2D eigenvalue weighted by Crippen LogP contribution is 2.45. The number of carbonyl (C=O) groups is 1. The van der Waals surface area contributed by atoms with Crippen molar-refractivity contribution >= 4 is 28.9 Å². The number of hydrogen-bond donors (Lipinski definition) is 2. The third-order valence-corrected chi connectivity index (χ3v) is 7.07. The summed E-state index contributed by atoms with van der Waals surface area (Å²) in [5.41, 5.74) is 4.93. The average Bonchev–Trinajstić information content (AvgIpc) is 3.50. The van der Waals surface area contributed by atoms with Gasteiger partial charge >= 0.3 is 6.03 Å². The summed E-state index contributed by atoms with van der Waals surface area (Å²) >= 11 is 0. The topological polar surface area (TPSA) is 73.6 Å². The van der Waals surface area contributed by atoms with Gasteiger partial charge in [-0.1, -0.05) is 44.2 Å². The molecule has 2 N–H and O–H groups in total. The minimum atomic E-state index is -0.309. The van der Waals surface area contributed by atoms with Crippen LogP contribution in [0.3, 0.4) is 0 Å². The molecule has 0 saturated heterocycles. The van der Waals surface area contributed by atoms with E-state index in [4.69, 9.17) is 4.42 Å². The molecule has 4 aromatic rings. The van der Waals surface area contributed by atoms with Gasteiger partial charge in [0.15, 0.2) is 5.82 Å². The SMILES string of the molecule is CC(c1ccc(NC(=O)Nc2cccnc2N2CC(C)(C)c3ccccc32)cc1)N(C)Cc1ccco1. The quantitative estimate of drug-likeness (QED) is 0.290. The van der Waals surface area contributed by atoms with Gasteiger partial charge in [-0.25, -0.2) is 9.78 Å². The predicted molar refractivity (Wildman–Crippen MR) is 148 cm³/mol. The number of para-hydroxylation sites is 1. The maximum Gasteiger partial charge on any atom is 0.323 e. The molecule has 0 spiro atoms. The normalized spacial score (nSPS) is 14.9. The number of amides is 2. The summed E-state index contributed by atoms with van der Waals surface area (Å²) in [6.07, 6.45) is 3.45. The third kappa shape index (κ3) is 5.22. The molecule has 3 heterocycles. The van der Waals surface area contributed by atoms with Crippen molar-refractivity contribution in [3.63, 3.8) is 0 Å². The van der Waals surface area contributed by atoms with E-state index in [0.717, 1.165) is 41.6 Å². The van der Waals surface area contributed by atoms with Crippen LogP contribution in [0.5, 0.6) is 0 Å². The van der Waals surface area contributed by atoms with E-state index in [1.165, 1.54) is 5.56 Å². The summed E-state index contributed by atoms with van der Waals surface area (Å²) in [7, 11) is 2.07. The number of hydrogen-bond acceptors (Lipinski definition) is 5. The van der Waals surface area contributed by atoms with Crippen LogP contribution in [0.2, 0.25) is 0 Å². The van der Waals surface area contributed by atoms with Gasteiger partial charge in [-0.3, -0.25) is 4.90 Å². The number of carbonyl (C=O) groups excluding carboxylic acids is 1. The van der Waals surface area contributed by atoms with Gasteiger partial charge in [0.05, 0.1) is 18.5 Å². The lowest BCUT2D eigenvalue weighted by molar-refractivity contribution is 0.232. The monoisotopic (exact) mass is 495 g/mol. The number of furan rings is 1. The molecule has 1 atom stereocenters. The molecule has 190 valence electrons. The second kappa shape index (κ2) is 10.1. The molecule has 7 heteroatoms. The van der Waals surface area contributed by atoms with Crippen LogP contribution < -0.4 is 15.5 Å². The highest BCUT2D eigenvalue weighted by molar-refractivity contribution is 6.02. The van der Waals surface area contributed by atoms with Crippen LogP contribution in [0, 0.1) is 0 Å². The zero-order valence-corrected chi connectivity index (χ0v) is 21.7. The first-order valence-electron chi connectivity index (χ1n) is 12.5. The lowest BCUT2D eigenvalue weighted by atomic mass is 9.87.